The van der Waals surface area contributed by atoms with Gasteiger partial charge in [0.25, 0.3) is 0 Å². The zero-order valence-electron chi connectivity index (χ0n) is 7.16. The molecule has 0 atom stereocenters. The summed E-state index contributed by atoms with van der Waals surface area (Å²) in [4.78, 5) is 11.5. The van der Waals surface area contributed by atoms with Crippen LogP contribution < -0.4 is 0 Å². The molecular formula is C10H7BrOS2. The van der Waals surface area contributed by atoms with E-state index in [0.717, 1.165) is 26.6 Å². The smallest absolute Gasteiger partial charge is 0.150 e. The van der Waals surface area contributed by atoms with Crippen LogP contribution in [0.4, 0.5) is 0 Å². The lowest BCUT2D eigenvalue weighted by Crippen LogP contribution is -1.81. The van der Waals surface area contributed by atoms with Crippen molar-refractivity contribution in [3.63, 3.8) is 0 Å². The van der Waals surface area contributed by atoms with Crippen LogP contribution in [-0.2, 0) is 5.33 Å². The van der Waals surface area contributed by atoms with E-state index in [1.165, 1.54) is 5.56 Å². The van der Waals surface area contributed by atoms with Gasteiger partial charge in [-0.2, -0.15) is 0 Å². The van der Waals surface area contributed by atoms with E-state index in [1.807, 2.05) is 6.07 Å². The van der Waals surface area contributed by atoms with Crippen molar-refractivity contribution in [2.75, 3.05) is 0 Å². The van der Waals surface area contributed by atoms with E-state index < -0.39 is 0 Å². The number of rotatable bonds is 2. The van der Waals surface area contributed by atoms with Gasteiger partial charge < -0.3 is 0 Å². The van der Waals surface area contributed by atoms with E-state index in [4.69, 9.17) is 0 Å². The van der Waals surface area contributed by atoms with Crippen molar-refractivity contribution in [3.05, 3.63) is 28.6 Å². The molecule has 4 heteroatoms. The van der Waals surface area contributed by atoms with E-state index in [9.17, 15) is 4.79 Å². The van der Waals surface area contributed by atoms with E-state index >= 15 is 0 Å². The Bertz CT molecular complexity index is 490. The van der Waals surface area contributed by atoms with Gasteiger partial charge in [0.15, 0.2) is 0 Å². The summed E-state index contributed by atoms with van der Waals surface area (Å²) in [7, 11) is 0. The second-order valence-electron chi connectivity index (χ2n) is 2.93. The van der Waals surface area contributed by atoms with Crippen molar-refractivity contribution < 1.29 is 4.79 Å². The Labute approximate surface area is 99.7 Å². The molecule has 1 heterocycles. The molecule has 0 amide bonds. The monoisotopic (exact) mass is 286 g/mol. The molecule has 14 heavy (non-hydrogen) atoms. The minimum Gasteiger partial charge on any atom is -0.298 e. The number of thiophene rings is 1. The number of aldehydes is 1. The quantitative estimate of drug-likeness (QED) is 0.503. The number of fused-ring (bicyclic) bond motifs is 1. The summed E-state index contributed by atoms with van der Waals surface area (Å²) in [6.45, 7) is 0. The number of carbonyl (C=O) groups excluding carboxylic acids is 1. The molecule has 1 aromatic carbocycles. The molecule has 2 aromatic rings. The highest BCUT2D eigenvalue weighted by molar-refractivity contribution is 9.08. The molecule has 0 N–H and O–H groups in total. The van der Waals surface area contributed by atoms with E-state index in [-0.39, 0.29) is 0 Å². The van der Waals surface area contributed by atoms with E-state index in [2.05, 4.69) is 33.9 Å². The van der Waals surface area contributed by atoms with Crippen molar-refractivity contribution in [1.29, 1.82) is 0 Å². The van der Waals surface area contributed by atoms with Crippen molar-refractivity contribution in [2.45, 2.75) is 10.2 Å². The first-order valence-corrected chi connectivity index (χ1v) is 6.45. The molecule has 0 saturated carbocycles. The third kappa shape index (κ3) is 1.62. The van der Waals surface area contributed by atoms with Crippen molar-refractivity contribution >= 4 is 56.3 Å². The van der Waals surface area contributed by atoms with Gasteiger partial charge in [0.1, 0.15) is 6.29 Å². The molecule has 2 rings (SSSR count). The highest BCUT2D eigenvalue weighted by Crippen LogP contribution is 2.33. The van der Waals surface area contributed by atoms with Gasteiger partial charge in [-0.05, 0) is 23.1 Å². The summed E-state index contributed by atoms with van der Waals surface area (Å²) >= 11 is 9.47. The van der Waals surface area contributed by atoms with Crippen LogP contribution in [0.1, 0.15) is 15.9 Å². The lowest BCUT2D eigenvalue weighted by Gasteiger charge is -1.99. The molecule has 0 radical (unpaired) electrons. The van der Waals surface area contributed by atoms with E-state index in [1.54, 1.807) is 17.4 Å². The maximum absolute atomic E-state index is 10.6. The standard InChI is InChI=1S/C10H7BrOS2/c11-3-7-5-14-9-2-6(4-12)1-8(13)10(7)9/h1-2,4-5,13H,3H2. The molecular weight excluding hydrogens is 280 g/mol. The summed E-state index contributed by atoms with van der Waals surface area (Å²) in [5.41, 5.74) is 1.91. The molecule has 0 saturated heterocycles. The van der Waals surface area contributed by atoms with Crippen LogP contribution in [-0.4, -0.2) is 6.29 Å². The molecule has 0 fully saturated rings. The van der Waals surface area contributed by atoms with Gasteiger partial charge in [-0.1, -0.05) is 15.9 Å². The number of thiol groups is 1. The predicted molar refractivity (Wildman–Crippen MR) is 67.1 cm³/mol. The molecule has 0 bridgehead atoms. The Morgan fingerprint density at radius 1 is 1.50 bits per heavy atom. The van der Waals surface area contributed by atoms with Crippen LogP contribution in [0.3, 0.4) is 0 Å². The maximum Gasteiger partial charge on any atom is 0.150 e. The first-order valence-electron chi connectivity index (χ1n) is 4.00. The van der Waals surface area contributed by atoms with Gasteiger partial charge >= 0.3 is 0 Å². The fraction of sp³-hybridized carbons (Fsp3) is 0.100. The van der Waals surface area contributed by atoms with Crippen LogP contribution in [0, 0.1) is 0 Å². The SMILES string of the molecule is O=Cc1cc(S)c2c(CBr)csc2c1. The number of hydrogen-bond donors (Lipinski definition) is 1. The van der Waals surface area contributed by atoms with Crippen LogP contribution in [0.2, 0.25) is 0 Å². The Kier molecular flexibility index (Phi) is 2.95. The Morgan fingerprint density at radius 2 is 2.29 bits per heavy atom. The predicted octanol–water partition coefficient (Wildman–Crippen LogP) is 3.90. The van der Waals surface area contributed by atoms with Gasteiger partial charge in [0.2, 0.25) is 0 Å². The summed E-state index contributed by atoms with van der Waals surface area (Å²) in [6.07, 6.45) is 0.854. The molecule has 0 spiro atoms. The largest absolute Gasteiger partial charge is 0.298 e. The molecule has 0 aliphatic carbocycles. The lowest BCUT2D eigenvalue weighted by atomic mass is 10.1. The zero-order chi connectivity index (χ0) is 10.1. The molecule has 1 nitrogen and oxygen atoms in total. The summed E-state index contributed by atoms with van der Waals surface area (Å²) < 4.78 is 1.12. The third-order valence-electron chi connectivity index (χ3n) is 2.03. The summed E-state index contributed by atoms with van der Waals surface area (Å²) in [5.74, 6) is 0. The number of alkyl halides is 1. The minimum atomic E-state index is 0.686. The molecule has 1 aromatic heterocycles. The van der Waals surface area contributed by atoms with Gasteiger partial charge in [-0.3, -0.25) is 4.79 Å². The van der Waals surface area contributed by atoms with Gasteiger partial charge in [0, 0.05) is 25.9 Å². The first kappa shape index (κ1) is 10.2. The molecule has 0 aliphatic heterocycles. The average Bonchev–Trinajstić information content (AvgIpc) is 2.61. The Balaban J connectivity index is 2.78. The zero-order valence-corrected chi connectivity index (χ0v) is 10.5. The van der Waals surface area contributed by atoms with Crippen LogP contribution in [0.5, 0.6) is 0 Å². The molecule has 0 aliphatic rings. The van der Waals surface area contributed by atoms with Crippen LogP contribution in [0.25, 0.3) is 10.1 Å². The highest BCUT2D eigenvalue weighted by Gasteiger charge is 2.07. The second-order valence-corrected chi connectivity index (χ2v) is 4.88. The minimum absolute atomic E-state index is 0.686. The van der Waals surface area contributed by atoms with Crippen molar-refractivity contribution in [3.8, 4) is 0 Å². The normalized spacial score (nSPS) is 10.7. The van der Waals surface area contributed by atoms with Crippen molar-refractivity contribution in [2.24, 2.45) is 0 Å². The summed E-state index contributed by atoms with van der Waals surface area (Å²) in [5, 5.41) is 4.06. The molecule has 72 valence electrons. The van der Waals surface area contributed by atoms with Gasteiger partial charge in [0.05, 0.1) is 0 Å². The number of halogens is 1. The Hall–Kier alpha value is -0.320. The van der Waals surface area contributed by atoms with Gasteiger partial charge in [-0.15, -0.1) is 24.0 Å². The number of carbonyl (C=O) groups is 1. The number of hydrogen-bond acceptors (Lipinski definition) is 3. The number of benzene rings is 1. The fourth-order valence-electron chi connectivity index (χ4n) is 1.40. The molecule has 0 unspecified atom stereocenters. The average molecular weight is 287 g/mol. The second kappa shape index (κ2) is 4.04. The third-order valence-corrected chi connectivity index (χ3v) is 3.97. The van der Waals surface area contributed by atoms with Gasteiger partial charge in [-0.25, -0.2) is 0 Å². The first-order chi connectivity index (χ1) is 6.76. The topological polar surface area (TPSA) is 17.1 Å². The Morgan fingerprint density at radius 3 is 2.93 bits per heavy atom. The maximum atomic E-state index is 10.6. The van der Waals surface area contributed by atoms with Crippen LogP contribution in [0.15, 0.2) is 22.4 Å². The van der Waals surface area contributed by atoms with E-state index in [0.29, 0.717) is 5.56 Å². The van der Waals surface area contributed by atoms with Crippen molar-refractivity contribution in [1.82, 2.24) is 0 Å². The highest BCUT2D eigenvalue weighted by atomic mass is 79.9. The summed E-state index contributed by atoms with van der Waals surface area (Å²) in [6, 6.07) is 3.70. The lowest BCUT2D eigenvalue weighted by molar-refractivity contribution is 0.112. The fourth-order valence-corrected chi connectivity index (χ4v) is 3.58. The van der Waals surface area contributed by atoms with Crippen LogP contribution >= 0.6 is 39.9 Å².